The van der Waals surface area contributed by atoms with Gasteiger partial charge >= 0.3 is 6.09 Å². The third kappa shape index (κ3) is 7.42. The van der Waals surface area contributed by atoms with Gasteiger partial charge < -0.3 is 24.0 Å². The van der Waals surface area contributed by atoms with E-state index in [-0.39, 0.29) is 17.0 Å². The molecular weight excluding hydrogens is 562 g/mol. The van der Waals surface area contributed by atoms with Crippen LogP contribution in [0, 0.1) is 0 Å². The average Bonchev–Trinajstić information content (AvgIpc) is 3.70. The van der Waals surface area contributed by atoms with E-state index in [2.05, 4.69) is 56.4 Å². The quantitative estimate of drug-likeness (QED) is 0.226. The molecule has 43 heavy (non-hydrogen) atoms. The fraction of sp³-hybridized carbons (Fsp3) is 0.576. The third-order valence-electron chi connectivity index (χ3n) is 9.64. The van der Waals surface area contributed by atoms with Gasteiger partial charge in [-0.15, -0.1) is 0 Å². The summed E-state index contributed by atoms with van der Waals surface area (Å²) >= 11 is 0. The molecule has 3 fully saturated rings. The molecule has 2 amide bonds. The molecule has 2 N–H and O–H groups in total. The SMILES string of the molecule is COc1cc(CO[Si](C)(C)C(C)(C)C)ccc1NC(=O)CCCc1cccc(NC(=O)OC2CC3C4OC4C(C2)N3C)c1. The van der Waals surface area contributed by atoms with E-state index in [9.17, 15) is 9.59 Å². The molecule has 0 spiro atoms. The number of epoxide rings is 1. The standard InChI is InChI=1S/C33H47N3O6Si/c1-33(2,3)43(6,7)40-20-22-14-15-25(28(17-22)39-5)35-29(37)13-9-11-21-10-8-12-23(16-21)34-32(38)41-24-18-26-30-31(42-30)27(19-24)36(26)4/h8,10,12,14-17,24,26-27,30-31H,9,11,13,18-20H2,1-7H3,(H,34,38)(H,35,37). The highest BCUT2D eigenvalue weighted by atomic mass is 28.4. The summed E-state index contributed by atoms with van der Waals surface area (Å²) in [6.45, 7) is 11.7. The van der Waals surface area contributed by atoms with Crippen LogP contribution < -0.4 is 15.4 Å². The molecule has 0 radical (unpaired) electrons. The zero-order valence-corrected chi connectivity index (χ0v) is 27.6. The van der Waals surface area contributed by atoms with E-state index < -0.39 is 14.4 Å². The van der Waals surface area contributed by atoms with Crippen molar-refractivity contribution in [2.45, 2.75) is 108 Å². The molecule has 234 valence electrons. The fourth-order valence-corrected chi connectivity index (χ4v) is 6.94. The summed E-state index contributed by atoms with van der Waals surface area (Å²) in [4.78, 5) is 27.7. The number of nitrogens with zero attached hydrogens (tertiary/aromatic N) is 1. The molecular formula is C33H47N3O6Si. The Labute approximate surface area is 256 Å². The first-order valence-electron chi connectivity index (χ1n) is 15.4. The Bertz CT molecular complexity index is 1310. The number of piperidine rings is 1. The molecule has 5 rings (SSSR count). The number of likely N-dealkylation sites (N-methyl/N-ethyl adjacent to an activating group) is 1. The van der Waals surface area contributed by atoms with Crippen LogP contribution in [0.15, 0.2) is 42.5 Å². The van der Waals surface area contributed by atoms with Gasteiger partial charge in [0.15, 0.2) is 8.32 Å². The van der Waals surface area contributed by atoms with Crippen LogP contribution in [0.5, 0.6) is 5.75 Å². The van der Waals surface area contributed by atoms with E-state index in [0.717, 1.165) is 24.0 Å². The highest BCUT2D eigenvalue weighted by molar-refractivity contribution is 6.74. The molecule has 3 aliphatic rings. The summed E-state index contributed by atoms with van der Waals surface area (Å²) in [6.07, 6.45) is 3.47. The molecule has 3 saturated heterocycles. The largest absolute Gasteiger partial charge is 0.495 e. The van der Waals surface area contributed by atoms with E-state index in [1.807, 2.05) is 42.5 Å². The van der Waals surface area contributed by atoms with Crippen LogP contribution in [0.2, 0.25) is 18.1 Å². The lowest BCUT2D eigenvalue weighted by atomic mass is 9.99. The number of carbonyl (C=O) groups is 2. The lowest BCUT2D eigenvalue weighted by Crippen LogP contribution is -2.48. The highest BCUT2D eigenvalue weighted by Gasteiger charge is 2.62. The number of aryl methyl sites for hydroxylation is 1. The summed E-state index contributed by atoms with van der Waals surface area (Å²) in [5.41, 5.74) is 3.40. The van der Waals surface area contributed by atoms with Gasteiger partial charge in [0.05, 0.1) is 19.4 Å². The maximum atomic E-state index is 12.7. The number of methoxy groups -OCH3 is 1. The summed E-state index contributed by atoms with van der Waals surface area (Å²) in [6, 6.07) is 14.2. The minimum atomic E-state index is -1.87. The van der Waals surface area contributed by atoms with Crippen molar-refractivity contribution in [1.29, 1.82) is 0 Å². The Morgan fingerprint density at radius 1 is 1.02 bits per heavy atom. The first kappa shape index (κ1) is 31.5. The normalized spacial score (nSPS) is 24.7. The number of anilines is 2. The van der Waals surface area contributed by atoms with Gasteiger partial charge in [-0.2, -0.15) is 0 Å². The summed E-state index contributed by atoms with van der Waals surface area (Å²) < 4.78 is 23.4. The van der Waals surface area contributed by atoms with E-state index in [1.54, 1.807) is 7.11 Å². The van der Waals surface area contributed by atoms with Gasteiger partial charge in [0.25, 0.3) is 0 Å². The minimum Gasteiger partial charge on any atom is -0.495 e. The van der Waals surface area contributed by atoms with Crippen molar-refractivity contribution in [2.75, 3.05) is 24.8 Å². The fourth-order valence-electron chi connectivity index (χ4n) is 5.97. The molecule has 2 bridgehead atoms. The Morgan fingerprint density at radius 2 is 1.74 bits per heavy atom. The Balaban J connectivity index is 1.05. The smallest absolute Gasteiger partial charge is 0.411 e. The number of amides is 2. The first-order valence-corrected chi connectivity index (χ1v) is 18.3. The molecule has 4 atom stereocenters. The van der Waals surface area contributed by atoms with Crippen LogP contribution in [0.4, 0.5) is 16.2 Å². The third-order valence-corrected chi connectivity index (χ3v) is 14.1. The number of rotatable bonds is 11. The molecule has 4 unspecified atom stereocenters. The van der Waals surface area contributed by atoms with Crippen molar-refractivity contribution in [1.82, 2.24) is 4.90 Å². The predicted octanol–water partition coefficient (Wildman–Crippen LogP) is 6.34. The van der Waals surface area contributed by atoms with Crippen molar-refractivity contribution in [2.24, 2.45) is 0 Å². The number of fused-ring (bicyclic) bond motifs is 5. The van der Waals surface area contributed by atoms with Crippen LogP contribution in [0.25, 0.3) is 0 Å². The Morgan fingerprint density at radius 3 is 2.42 bits per heavy atom. The number of hydrogen-bond donors (Lipinski definition) is 2. The molecule has 3 aliphatic heterocycles. The van der Waals surface area contributed by atoms with Crippen molar-refractivity contribution < 1.29 is 28.2 Å². The van der Waals surface area contributed by atoms with E-state index in [1.165, 1.54) is 0 Å². The molecule has 3 heterocycles. The Kier molecular flexibility index (Phi) is 9.22. The lowest BCUT2D eigenvalue weighted by Gasteiger charge is -2.37. The molecule has 10 heteroatoms. The molecule has 9 nitrogen and oxygen atoms in total. The molecule has 0 aliphatic carbocycles. The minimum absolute atomic E-state index is 0.0726. The lowest BCUT2D eigenvalue weighted by molar-refractivity contribution is -0.116. The van der Waals surface area contributed by atoms with Crippen LogP contribution in [-0.4, -0.2) is 69.8 Å². The van der Waals surface area contributed by atoms with Crippen molar-refractivity contribution in [3.05, 3.63) is 53.6 Å². The van der Waals surface area contributed by atoms with Gasteiger partial charge in [0.2, 0.25) is 5.91 Å². The van der Waals surface area contributed by atoms with Crippen molar-refractivity contribution in [3.8, 4) is 5.75 Å². The van der Waals surface area contributed by atoms with Gasteiger partial charge in [0.1, 0.15) is 24.1 Å². The zero-order valence-electron chi connectivity index (χ0n) is 26.6. The number of morpholine rings is 1. The highest BCUT2D eigenvalue weighted by Crippen LogP contribution is 2.48. The van der Waals surface area contributed by atoms with Gasteiger partial charge in [-0.05, 0) is 73.4 Å². The topological polar surface area (TPSA) is 102 Å². The first-order chi connectivity index (χ1) is 20.3. The summed E-state index contributed by atoms with van der Waals surface area (Å²) in [7, 11) is 1.88. The Hall–Kier alpha value is -2.92. The van der Waals surface area contributed by atoms with Crippen LogP contribution in [0.3, 0.4) is 0 Å². The molecule has 0 saturated carbocycles. The molecule has 2 aromatic carbocycles. The molecule has 0 aromatic heterocycles. The summed E-state index contributed by atoms with van der Waals surface area (Å²) in [5, 5.41) is 6.00. The van der Waals surface area contributed by atoms with Gasteiger partial charge in [0, 0.05) is 37.0 Å². The number of carbonyl (C=O) groups excluding carboxylic acids is 2. The second-order valence-electron chi connectivity index (χ2n) is 13.7. The monoisotopic (exact) mass is 609 g/mol. The number of benzene rings is 2. The van der Waals surface area contributed by atoms with E-state index in [0.29, 0.717) is 67.3 Å². The number of nitrogens with one attached hydrogen (secondary N) is 2. The summed E-state index contributed by atoms with van der Waals surface area (Å²) in [5.74, 6) is 0.546. The van der Waals surface area contributed by atoms with Crippen LogP contribution >= 0.6 is 0 Å². The second kappa shape index (κ2) is 12.6. The van der Waals surface area contributed by atoms with Crippen molar-refractivity contribution in [3.63, 3.8) is 0 Å². The maximum absolute atomic E-state index is 12.7. The van der Waals surface area contributed by atoms with E-state index in [4.69, 9.17) is 18.6 Å². The number of ether oxygens (including phenoxy) is 3. The average molecular weight is 610 g/mol. The second-order valence-corrected chi connectivity index (χ2v) is 18.5. The van der Waals surface area contributed by atoms with Gasteiger partial charge in [-0.3, -0.25) is 15.0 Å². The van der Waals surface area contributed by atoms with E-state index >= 15 is 0 Å². The predicted molar refractivity (Wildman–Crippen MR) is 170 cm³/mol. The number of hydrogen-bond acceptors (Lipinski definition) is 7. The van der Waals surface area contributed by atoms with Crippen LogP contribution in [0.1, 0.15) is 57.6 Å². The van der Waals surface area contributed by atoms with Crippen LogP contribution in [-0.2, 0) is 31.7 Å². The van der Waals surface area contributed by atoms with Gasteiger partial charge in [-0.25, -0.2) is 4.79 Å². The maximum Gasteiger partial charge on any atom is 0.411 e. The zero-order chi connectivity index (χ0) is 30.9. The van der Waals surface area contributed by atoms with Crippen molar-refractivity contribution >= 4 is 31.7 Å². The van der Waals surface area contributed by atoms with Gasteiger partial charge in [-0.1, -0.05) is 39.0 Å². The molecule has 2 aromatic rings.